The SMILES string of the molecule is CC(O)(P(=O)(O)O)P(=O)(O)O.NCCC(O)(P(=O)(O)O)P(=O)(O)O.NCCCC(O)(P(=O)(O)O)P(=O)(O)O.O.O.O.[H-].[H-].[H-].[H-].[H-].[Na+].[Na+].[Na+].[Na+].[Na+]. The van der Waals surface area contributed by atoms with Crippen LogP contribution in [0.3, 0.4) is 0 Å². The zero-order valence-corrected chi connectivity index (χ0v) is 40.9. The molecule has 26 nitrogen and oxygen atoms in total. The van der Waals surface area contributed by atoms with Gasteiger partial charge in [-0.15, -0.1) is 0 Å². The Morgan fingerprint density at radius 3 is 0.739 bits per heavy atom. The van der Waals surface area contributed by atoms with Gasteiger partial charge >= 0.3 is 193 Å². The molecule has 0 radical (unpaired) electrons. The third kappa shape index (κ3) is 24.9. The van der Waals surface area contributed by atoms with Crippen LogP contribution in [0.15, 0.2) is 0 Å². The molecule has 25 N–H and O–H groups in total. The van der Waals surface area contributed by atoms with E-state index < -0.39 is 80.2 Å². The van der Waals surface area contributed by atoms with Gasteiger partial charge in [-0.2, -0.15) is 0 Å². The Kier molecular flexibility index (Phi) is 51.9. The molecule has 46 heavy (non-hydrogen) atoms. The molecule has 0 rings (SSSR count). The second-order valence-corrected chi connectivity index (χ2v) is 19.5. The van der Waals surface area contributed by atoms with Gasteiger partial charge in [0.1, 0.15) is 0 Å². The van der Waals surface area contributed by atoms with Gasteiger partial charge < -0.3 is 109 Å². The summed E-state index contributed by atoms with van der Waals surface area (Å²) in [7, 11) is -31.6. The van der Waals surface area contributed by atoms with Crippen molar-refractivity contribution in [3.8, 4) is 0 Å². The van der Waals surface area contributed by atoms with Crippen molar-refractivity contribution in [3.63, 3.8) is 0 Å². The van der Waals surface area contributed by atoms with Gasteiger partial charge in [0.05, 0.1) is 0 Å². The topological polar surface area (TPSA) is 552 Å². The summed E-state index contributed by atoms with van der Waals surface area (Å²) < 4.78 is 63.1. The summed E-state index contributed by atoms with van der Waals surface area (Å²) in [6.07, 6.45) is -1.73. The monoisotopic (exact) mass is 864 g/mol. The summed E-state index contributed by atoms with van der Waals surface area (Å²) in [5, 5.41) is 17.0. The van der Waals surface area contributed by atoms with Crippen molar-refractivity contribution in [1.29, 1.82) is 0 Å². The van der Waals surface area contributed by atoms with E-state index in [0.717, 1.165) is 0 Å². The largest absolute Gasteiger partial charge is 1.00 e. The molecule has 0 aliphatic heterocycles. The predicted molar refractivity (Wildman–Crippen MR) is 141 cm³/mol. The maximum atomic E-state index is 10.7. The normalized spacial score (nSPS) is 12.1. The molecule has 0 bridgehead atoms. The quantitative estimate of drug-likeness (QED) is 0.0677. The summed E-state index contributed by atoms with van der Waals surface area (Å²) in [5.74, 6) is 0. The zero-order valence-electron chi connectivity index (χ0n) is 30.5. The van der Waals surface area contributed by atoms with Gasteiger partial charge in [0.25, 0.3) is 15.2 Å². The van der Waals surface area contributed by atoms with E-state index in [2.05, 4.69) is 0 Å². The second-order valence-electron chi connectivity index (χ2n) is 7.21. The molecule has 0 spiro atoms. The van der Waals surface area contributed by atoms with E-state index in [-0.39, 0.29) is 184 Å². The van der Waals surface area contributed by atoms with Gasteiger partial charge in [-0.25, -0.2) is 0 Å². The molecule has 268 valence electrons. The van der Waals surface area contributed by atoms with Crippen molar-refractivity contribution in [3.05, 3.63) is 0 Å². The van der Waals surface area contributed by atoms with Gasteiger partial charge in [-0.05, 0) is 26.4 Å². The van der Waals surface area contributed by atoms with Crippen LogP contribution >= 0.6 is 45.6 Å². The molecule has 0 saturated carbocycles. The average molecular weight is 864 g/mol. The van der Waals surface area contributed by atoms with Crippen molar-refractivity contribution in [1.82, 2.24) is 0 Å². The summed E-state index contributed by atoms with van der Waals surface area (Å²) in [6, 6.07) is 0. The molecule has 0 aromatic rings. The number of rotatable bonds is 11. The van der Waals surface area contributed by atoms with E-state index in [1.54, 1.807) is 0 Å². The third-order valence-electron chi connectivity index (χ3n) is 4.17. The Morgan fingerprint density at radius 2 is 0.652 bits per heavy atom. The standard InChI is InChI=1S/C4H13NO7P2.C3H11NO7P2.C2H8O7P2.5Na.3H2O.5H/c5-3-1-2-4(6,13(7,8)9)14(10,11)12;4-2-1-3(5,12(6,7)8)13(9,10)11;1-2(3,10(4,5)6)11(7,8)9;;;;;;;;;;;;;/h6H,1-3,5H2,(H2,7,8,9)(H2,10,11,12);5H,1-2,4H2,(H2,6,7,8)(H2,9,10,11);3H,1H3,(H2,4,5,6)(H2,7,8,9);;;;;;3*1H2;;;;;/q;;;5*+1;;;;5*-1. The van der Waals surface area contributed by atoms with Crippen molar-refractivity contribution in [2.75, 3.05) is 13.1 Å². The molecule has 0 aromatic carbocycles. The van der Waals surface area contributed by atoms with Crippen molar-refractivity contribution < 1.29 is 273 Å². The van der Waals surface area contributed by atoms with Crippen LogP contribution in [0.1, 0.15) is 33.3 Å². The van der Waals surface area contributed by atoms with Gasteiger partial charge in [0.15, 0.2) is 0 Å². The molecule has 0 aliphatic rings. The van der Waals surface area contributed by atoms with E-state index in [4.69, 9.17) is 80.4 Å². The Hall–Kier alpha value is 5.58. The first-order valence-corrected chi connectivity index (χ1v) is 18.7. The van der Waals surface area contributed by atoms with Crippen LogP contribution < -0.4 is 159 Å². The summed E-state index contributed by atoms with van der Waals surface area (Å²) in [6.45, 7) is -0.108. The molecule has 0 fully saturated rings. The Morgan fingerprint density at radius 1 is 0.457 bits per heavy atom. The van der Waals surface area contributed by atoms with Crippen LogP contribution in [-0.2, 0) is 27.4 Å². The number of hydrogen-bond donors (Lipinski definition) is 17. The Labute approximate surface area is 379 Å². The smallest absolute Gasteiger partial charge is 1.00 e. The van der Waals surface area contributed by atoms with Gasteiger partial charge in [-0.3, -0.25) is 27.4 Å². The minimum absolute atomic E-state index is 0. The number of hydrogen-bond acceptors (Lipinski definition) is 11. The van der Waals surface area contributed by atoms with E-state index >= 15 is 0 Å². The van der Waals surface area contributed by atoms with E-state index in [0.29, 0.717) is 6.92 Å². The van der Waals surface area contributed by atoms with E-state index in [1.807, 2.05) is 0 Å². The number of nitrogens with two attached hydrogens (primary N) is 2. The Bertz CT molecular complexity index is 1020. The number of aliphatic hydroxyl groups is 3. The van der Waals surface area contributed by atoms with Crippen LogP contribution in [0.4, 0.5) is 0 Å². The molecular weight excluding hydrogens is 821 g/mol. The fourth-order valence-electron chi connectivity index (χ4n) is 1.62. The van der Waals surface area contributed by atoms with Gasteiger partial charge in [0.2, 0.25) is 0 Å². The maximum absolute atomic E-state index is 10.7. The molecule has 0 heterocycles. The molecule has 0 unspecified atom stereocenters. The average Bonchev–Trinajstić information content (AvgIpc) is 2.61. The predicted octanol–water partition coefficient (Wildman–Crippen LogP) is -20.8. The molecule has 0 aromatic heterocycles. The molecule has 0 saturated heterocycles. The van der Waals surface area contributed by atoms with Crippen LogP contribution in [0.5, 0.6) is 0 Å². The minimum atomic E-state index is -5.31. The van der Waals surface area contributed by atoms with Crippen LogP contribution in [0.2, 0.25) is 0 Å². The second kappa shape index (κ2) is 29.8. The van der Waals surface area contributed by atoms with Crippen LogP contribution in [-0.4, -0.2) is 119 Å². The molecule has 0 aliphatic carbocycles. The van der Waals surface area contributed by atoms with Gasteiger partial charge in [-0.1, -0.05) is 0 Å². The first-order valence-electron chi connectivity index (χ1n) is 9.03. The summed E-state index contributed by atoms with van der Waals surface area (Å²) >= 11 is 0. The van der Waals surface area contributed by atoms with Crippen molar-refractivity contribution in [2.45, 2.75) is 41.4 Å². The zero-order chi connectivity index (χ0) is 32.0. The molecule has 0 amide bonds. The molecular formula is C9H43N2Na5O24P6. The first kappa shape index (κ1) is 80.1. The Balaban J connectivity index is -0.0000000229. The summed E-state index contributed by atoms with van der Waals surface area (Å²) in [4.78, 5) is 102. The molecule has 0 atom stereocenters. The maximum Gasteiger partial charge on any atom is 1.00 e. The fourth-order valence-corrected chi connectivity index (χ4v) is 7.44. The molecule has 37 heteroatoms. The van der Waals surface area contributed by atoms with E-state index in [9.17, 15) is 32.5 Å². The summed E-state index contributed by atoms with van der Waals surface area (Å²) in [5.41, 5.74) is 9.87. The van der Waals surface area contributed by atoms with Crippen molar-refractivity contribution in [2.24, 2.45) is 11.5 Å². The van der Waals surface area contributed by atoms with Crippen molar-refractivity contribution >= 4 is 45.6 Å². The van der Waals surface area contributed by atoms with Gasteiger partial charge in [0, 0.05) is 12.8 Å². The fraction of sp³-hybridized carbons (Fsp3) is 1.00. The first-order chi connectivity index (χ1) is 16.1. The van der Waals surface area contributed by atoms with Crippen LogP contribution in [0, 0.1) is 0 Å². The van der Waals surface area contributed by atoms with Crippen LogP contribution in [0.25, 0.3) is 0 Å². The minimum Gasteiger partial charge on any atom is -1.00 e. The third-order valence-corrected chi connectivity index (χ3v) is 15.7. The van der Waals surface area contributed by atoms with E-state index in [1.165, 1.54) is 0 Å².